The Morgan fingerprint density at radius 1 is 1.53 bits per heavy atom. The molecule has 0 radical (unpaired) electrons. The fourth-order valence-corrected chi connectivity index (χ4v) is 1.89. The van der Waals surface area contributed by atoms with Gasteiger partial charge in [-0.25, -0.2) is 23.3 Å². The molecule has 1 aliphatic carbocycles. The summed E-state index contributed by atoms with van der Waals surface area (Å²) in [6.45, 7) is 0. The Bertz CT molecular complexity index is 565. The second kappa shape index (κ2) is 3.97. The lowest BCUT2D eigenvalue weighted by Gasteiger charge is -2.10. The van der Waals surface area contributed by atoms with Gasteiger partial charge in [0.1, 0.15) is 5.56 Å². The number of carbonyl (C=O) groups is 1. The minimum absolute atomic E-state index is 0.155. The van der Waals surface area contributed by atoms with E-state index in [0.29, 0.717) is 0 Å². The minimum Gasteiger partial charge on any atom is -0.486 e. The summed E-state index contributed by atoms with van der Waals surface area (Å²) >= 11 is 0. The van der Waals surface area contributed by atoms with Crippen LogP contribution in [0.25, 0.3) is 0 Å². The highest BCUT2D eigenvalue weighted by molar-refractivity contribution is 7.89. The molecule has 2 rings (SSSR count). The van der Waals surface area contributed by atoms with E-state index >= 15 is 0 Å². The van der Waals surface area contributed by atoms with Crippen molar-refractivity contribution in [3.05, 3.63) is 17.8 Å². The average molecular weight is 258 g/mol. The standard InChI is InChI=1S/C9H10N2O5S/c10-17(14,15)8-7(16-5-1-2-5)6(9(12)13)3-4-11-8/h3-5H,1-2H2,(H,12,13)(H2,10,14,15). The number of carboxylic acids is 1. The molecular weight excluding hydrogens is 248 g/mol. The third kappa shape index (κ3) is 2.53. The van der Waals surface area contributed by atoms with Crippen molar-refractivity contribution in [1.82, 2.24) is 4.98 Å². The number of primary sulfonamides is 1. The predicted molar refractivity (Wildman–Crippen MR) is 56.2 cm³/mol. The van der Waals surface area contributed by atoms with Gasteiger partial charge in [0.05, 0.1) is 6.10 Å². The Morgan fingerprint density at radius 2 is 2.18 bits per heavy atom. The molecule has 0 spiro atoms. The van der Waals surface area contributed by atoms with Crippen LogP contribution in [0.1, 0.15) is 23.2 Å². The van der Waals surface area contributed by atoms with Gasteiger partial charge in [-0.3, -0.25) is 0 Å². The van der Waals surface area contributed by atoms with Crippen LogP contribution in [0.5, 0.6) is 5.75 Å². The van der Waals surface area contributed by atoms with Crippen LogP contribution in [0.3, 0.4) is 0 Å². The summed E-state index contributed by atoms with van der Waals surface area (Å²) in [4.78, 5) is 14.5. The first-order chi connectivity index (χ1) is 7.89. The van der Waals surface area contributed by atoms with E-state index in [0.717, 1.165) is 19.0 Å². The molecule has 1 fully saturated rings. The molecule has 0 bridgehead atoms. The SMILES string of the molecule is NS(=O)(=O)c1nccc(C(=O)O)c1OC1CC1. The van der Waals surface area contributed by atoms with Gasteiger partial charge in [-0.1, -0.05) is 0 Å². The molecule has 1 aromatic rings. The molecule has 0 aliphatic heterocycles. The van der Waals surface area contributed by atoms with E-state index in [1.807, 2.05) is 0 Å². The van der Waals surface area contributed by atoms with Gasteiger partial charge in [0.25, 0.3) is 10.0 Å². The van der Waals surface area contributed by atoms with E-state index < -0.39 is 21.0 Å². The molecule has 8 heteroatoms. The highest BCUT2D eigenvalue weighted by Gasteiger charge is 2.30. The van der Waals surface area contributed by atoms with Crippen molar-refractivity contribution >= 4 is 16.0 Å². The summed E-state index contributed by atoms with van der Waals surface area (Å²) in [5, 5.41) is 13.4. The number of aromatic carboxylic acids is 1. The van der Waals surface area contributed by atoms with Crippen LogP contribution in [0.2, 0.25) is 0 Å². The first-order valence-corrected chi connectivity index (χ1v) is 6.36. The zero-order valence-corrected chi connectivity index (χ0v) is 9.48. The van der Waals surface area contributed by atoms with Crippen LogP contribution < -0.4 is 9.88 Å². The minimum atomic E-state index is -4.11. The summed E-state index contributed by atoms with van der Waals surface area (Å²) in [5.41, 5.74) is -0.254. The van der Waals surface area contributed by atoms with E-state index in [2.05, 4.69) is 4.98 Å². The van der Waals surface area contributed by atoms with Crippen LogP contribution in [0.4, 0.5) is 0 Å². The van der Waals surface area contributed by atoms with Gasteiger partial charge in [-0.2, -0.15) is 0 Å². The Hall–Kier alpha value is -1.67. The van der Waals surface area contributed by atoms with Gasteiger partial charge in [0.15, 0.2) is 5.75 Å². The summed E-state index contributed by atoms with van der Waals surface area (Å²) in [5.74, 6) is -1.56. The monoisotopic (exact) mass is 258 g/mol. The number of nitrogens with zero attached hydrogens (tertiary/aromatic N) is 1. The van der Waals surface area contributed by atoms with Crippen molar-refractivity contribution in [1.29, 1.82) is 0 Å². The summed E-state index contributed by atoms with van der Waals surface area (Å²) in [7, 11) is -4.11. The average Bonchev–Trinajstić information content (AvgIpc) is 3.00. The van der Waals surface area contributed by atoms with Gasteiger partial charge in [-0.05, 0) is 18.9 Å². The Balaban J connectivity index is 2.57. The molecule has 1 aromatic heterocycles. The van der Waals surface area contributed by atoms with Crippen molar-refractivity contribution in [3.8, 4) is 5.75 Å². The van der Waals surface area contributed by atoms with Crippen molar-refractivity contribution < 1.29 is 23.1 Å². The summed E-state index contributed by atoms with van der Waals surface area (Å²) < 4.78 is 27.8. The molecule has 3 N–H and O–H groups in total. The largest absolute Gasteiger partial charge is 0.486 e. The van der Waals surface area contributed by atoms with E-state index in [4.69, 9.17) is 15.0 Å². The lowest BCUT2D eigenvalue weighted by molar-refractivity contribution is 0.0691. The van der Waals surface area contributed by atoms with Gasteiger partial charge >= 0.3 is 5.97 Å². The molecule has 0 unspecified atom stereocenters. The number of ether oxygens (including phenoxy) is 1. The quantitative estimate of drug-likeness (QED) is 0.782. The molecule has 0 amide bonds. The maximum atomic E-state index is 11.3. The van der Waals surface area contributed by atoms with Crippen LogP contribution in [0, 0.1) is 0 Å². The molecule has 17 heavy (non-hydrogen) atoms. The molecular formula is C9H10N2O5S. The van der Waals surface area contributed by atoms with Crippen molar-refractivity contribution in [3.63, 3.8) is 0 Å². The van der Waals surface area contributed by atoms with E-state index in [1.54, 1.807) is 0 Å². The number of sulfonamides is 1. The third-order valence-corrected chi connectivity index (χ3v) is 3.01. The number of hydrogen-bond acceptors (Lipinski definition) is 5. The number of nitrogens with two attached hydrogens (primary N) is 1. The fourth-order valence-electron chi connectivity index (χ4n) is 1.27. The van der Waals surface area contributed by atoms with E-state index in [1.165, 1.54) is 6.07 Å². The van der Waals surface area contributed by atoms with E-state index in [9.17, 15) is 13.2 Å². The van der Waals surface area contributed by atoms with Crippen molar-refractivity contribution in [2.24, 2.45) is 5.14 Å². The molecule has 1 aliphatic rings. The number of aromatic nitrogens is 1. The second-order valence-electron chi connectivity index (χ2n) is 3.66. The lowest BCUT2D eigenvalue weighted by atomic mass is 10.2. The molecule has 1 saturated carbocycles. The predicted octanol–water partition coefficient (Wildman–Crippen LogP) is -0.0316. The molecule has 0 aromatic carbocycles. The third-order valence-electron chi connectivity index (χ3n) is 2.18. The maximum Gasteiger partial charge on any atom is 0.339 e. The van der Waals surface area contributed by atoms with Gasteiger partial charge in [0.2, 0.25) is 5.03 Å². The van der Waals surface area contributed by atoms with Crippen LogP contribution >= 0.6 is 0 Å². The normalized spacial score (nSPS) is 15.6. The maximum absolute atomic E-state index is 11.3. The van der Waals surface area contributed by atoms with Crippen molar-refractivity contribution in [2.75, 3.05) is 0 Å². The molecule has 1 heterocycles. The van der Waals surface area contributed by atoms with Gasteiger partial charge < -0.3 is 9.84 Å². The first kappa shape index (κ1) is 11.8. The highest BCUT2D eigenvalue weighted by atomic mass is 32.2. The molecule has 7 nitrogen and oxygen atoms in total. The summed E-state index contributed by atoms with van der Waals surface area (Å²) in [6.07, 6.45) is 2.44. The zero-order chi connectivity index (χ0) is 12.6. The van der Waals surface area contributed by atoms with Gasteiger partial charge in [-0.15, -0.1) is 0 Å². The smallest absolute Gasteiger partial charge is 0.339 e. The molecule has 92 valence electrons. The molecule has 0 atom stereocenters. The Morgan fingerprint density at radius 3 is 2.65 bits per heavy atom. The topological polar surface area (TPSA) is 120 Å². The van der Waals surface area contributed by atoms with Gasteiger partial charge in [0, 0.05) is 6.20 Å². The number of carboxylic acid groups (broad SMARTS) is 1. The highest BCUT2D eigenvalue weighted by Crippen LogP contribution is 2.32. The first-order valence-electron chi connectivity index (χ1n) is 4.81. The van der Waals surface area contributed by atoms with Crippen LogP contribution in [-0.2, 0) is 10.0 Å². The Kier molecular flexibility index (Phi) is 2.76. The van der Waals surface area contributed by atoms with Crippen LogP contribution in [-0.4, -0.2) is 30.6 Å². The number of pyridine rings is 1. The van der Waals surface area contributed by atoms with Crippen LogP contribution in [0.15, 0.2) is 17.3 Å². The molecule has 0 saturated heterocycles. The second-order valence-corrected chi connectivity index (χ2v) is 5.14. The zero-order valence-electron chi connectivity index (χ0n) is 8.66. The Labute approximate surface area is 97.3 Å². The fraction of sp³-hybridized carbons (Fsp3) is 0.333. The van der Waals surface area contributed by atoms with E-state index in [-0.39, 0.29) is 17.4 Å². The lowest BCUT2D eigenvalue weighted by Crippen LogP contribution is -2.18. The van der Waals surface area contributed by atoms with Crippen molar-refractivity contribution in [2.45, 2.75) is 24.0 Å². The number of rotatable bonds is 4. The number of hydrogen-bond donors (Lipinski definition) is 2. The summed E-state index contributed by atoms with van der Waals surface area (Å²) in [6, 6.07) is 1.18.